The van der Waals surface area contributed by atoms with E-state index in [4.69, 9.17) is 10.5 Å². The number of anilines is 2. The molecule has 0 aliphatic heterocycles. The number of benzene rings is 1. The fourth-order valence-electron chi connectivity index (χ4n) is 1.67. The summed E-state index contributed by atoms with van der Waals surface area (Å²) in [6.07, 6.45) is 0. The van der Waals surface area contributed by atoms with E-state index in [0.717, 1.165) is 11.8 Å². The lowest BCUT2D eigenvalue weighted by Crippen LogP contribution is -2.16. The van der Waals surface area contributed by atoms with Crippen molar-refractivity contribution in [2.75, 3.05) is 23.9 Å². The minimum absolute atomic E-state index is 0.0505. The van der Waals surface area contributed by atoms with Crippen LogP contribution in [0.15, 0.2) is 35.5 Å². The van der Waals surface area contributed by atoms with Crippen LogP contribution in [-0.4, -0.2) is 28.7 Å². The van der Waals surface area contributed by atoms with Crippen LogP contribution in [0.3, 0.4) is 0 Å². The number of nitrogens with zero attached hydrogens (tertiary/aromatic N) is 1. The third-order valence-corrected chi connectivity index (χ3v) is 6.30. The monoisotopic (exact) mass is 540 g/mol. The molecule has 0 saturated carbocycles. The second kappa shape index (κ2) is 8.37. The first-order valence-corrected chi connectivity index (χ1v) is 9.69. The molecule has 1 aromatic carbocycles. The first kappa shape index (κ1) is 19.3. The number of aromatic amines is 1. The van der Waals surface area contributed by atoms with Crippen molar-refractivity contribution in [2.24, 2.45) is 0 Å². The second-order valence-electron chi connectivity index (χ2n) is 4.38. The van der Waals surface area contributed by atoms with E-state index in [1.165, 1.54) is 6.07 Å². The molecule has 11 heteroatoms. The molecular formula is C13H11Br3N4O3S. The number of aromatic nitrogens is 2. The van der Waals surface area contributed by atoms with Crippen LogP contribution in [0.25, 0.3) is 0 Å². The van der Waals surface area contributed by atoms with Gasteiger partial charge in [-0.25, -0.2) is 4.98 Å². The quantitative estimate of drug-likeness (QED) is 0.303. The molecule has 2 rings (SSSR count). The van der Waals surface area contributed by atoms with Crippen LogP contribution in [0.5, 0.6) is 5.75 Å². The minimum atomic E-state index is -0.366. The Hall–Kier alpha value is -1.04. The number of carbonyl (C=O) groups is 1. The molecule has 1 aromatic heterocycles. The van der Waals surface area contributed by atoms with Gasteiger partial charge in [-0.15, -0.1) is 0 Å². The predicted molar refractivity (Wildman–Crippen MR) is 105 cm³/mol. The maximum Gasteiger partial charge on any atom is 0.253 e. The molecule has 0 spiro atoms. The van der Waals surface area contributed by atoms with E-state index >= 15 is 0 Å². The van der Waals surface area contributed by atoms with E-state index in [1.807, 2.05) is 0 Å². The molecule has 7 nitrogen and oxygen atoms in total. The number of halogens is 3. The molecule has 4 N–H and O–H groups in total. The van der Waals surface area contributed by atoms with Gasteiger partial charge in [-0.1, -0.05) is 11.8 Å². The Labute approximate surface area is 166 Å². The van der Waals surface area contributed by atoms with E-state index in [2.05, 4.69) is 63.1 Å². The standard InChI is InChI=1S/C13H11Br3N4O3S/c1-23-6-2-5(14)12(11(16)10(6)15)19-9(22)4-24-13-18-7(17)3-8(21)20-13/h2-3H,4H2,1H3,(H,19,22)(H3,17,18,20,21). The summed E-state index contributed by atoms with van der Waals surface area (Å²) in [5.41, 5.74) is 5.69. The molecule has 2 aromatic rings. The lowest BCUT2D eigenvalue weighted by atomic mass is 10.3. The van der Waals surface area contributed by atoms with Crippen LogP contribution in [-0.2, 0) is 4.79 Å². The number of hydrogen-bond acceptors (Lipinski definition) is 6. The highest BCUT2D eigenvalue weighted by Crippen LogP contribution is 2.42. The van der Waals surface area contributed by atoms with Crippen molar-refractivity contribution < 1.29 is 9.53 Å². The summed E-state index contributed by atoms with van der Waals surface area (Å²) < 4.78 is 7.19. The van der Waals surface area contributed by atoms with Gasteiger partial charge < -0.3 is 20.8 Å². The van der Waals surface area contributed by atoms with Gasteiger partial charge in [0, 0.05) is 10.5 Å². The number of nitrogens with two attached hydrogens (primary N) is 1. The highest BCUT2D eigenvalue weighted by atomic mass is 79.9. The number of hydrogen-bond donors (Lipinski definition) is 3. The summed E-state index contributed by atoms with van der Waals surface area (Å²) in [7, 11) is 1.55. The van der Waals surface area contributed by atoms with Gasteiger partial charge in [-0.05, 0) is 53.9 Å². The average molecular weight is 543 g/mol. The molecule has 128 valence electrons. The van der Waals surface area contributed by atoms with Crippen molar-refractivity contribution in [3.63, 3.8) is 0 Å². The zero-order valence-corrected chi connectivity index (χ0v) is 17.7. The fourth-order valence-corrected chi connectivity index (χ4v) is 4.10. The van der Waals surface area contributed by atoms with Crippen molar-refractivity contribution in [1.82, 2.24) is 9.97 Å². The molecule has 0 saturated heterocycles. The summed E-state index contributed by atoms with van der Waals surface area (Å²) in [6, 6.07) is 2.90. The number of thioether (sulfide) groups is 1. The molecule has 0 radical (unpaired) electrons. The van der Waals surface area contributed by atoms with E-state index in [0.29, 0.717) is 24.9 Å². The van der Waals surface area contributed by atoms with Crippen molar-refractivity contribution >= 4 is 77.0 Å². The Morgan fingerprint density at radius 2 is 2.08 bits per heavy atom. The Bertz CT molecular complexity index is 844. The summed E-state index contributed by atoms with van der Waals surface area (Å²) in [5, 5.41) is 3.06. The maximum absolute atomic E-state index is 12.2. The smallest absolute Gasteiger partial charge is 0.253 e. The third-order valence-electron chi connectivity index (χ3n) is 2.69. The molecule has 1 amide bonds. The molecule has 0 aliphatic carbocycles. The number of nitrogens with one attached hydrogen (secondary N) is 2. The molecule has 0 bridgehead atoms. The zero-order chi connectivity index (χ0) is 17.9. The number of nitrogen functional groups attached to an aromatic ring is 1. The average Bonchev–Trinajstić information content (AvgIpc) is 2.52. The highest BCUT2D eigenvalue weighted by molar-refractivity contribution is 9.13. The molecule has 0 atom stereocenters. The first-order chi connectivity index (χ1) is 11.3. The molecule has 0 fully saturated rings. The van der Waals surface area contributed by atoms with Crippen LogP contribution in [0.1, 0.15) is 0 Å². The van der Waals surface area contributed by atoms with Crippen LogP contribution < -0.4 is 21.3 Å². The molecule has 0 unspecified atom stereocenters. The fraction of sp³-hybridized carbons (Fsp3) is 0.154. The number of amides is 1. The molecular weight excluding hydrogens is 532 g/mol. The SMILES string of the molecule is COc1cc(Br)c(NC(=O)CSc2nc(N)cc(=O)[nH]2)c(Br)c1Br. The van der Waals surface area contributed by atoms with Crippen LogP contribution in [0.2, 0.25) is 0 Å². The first-order valence-electron chi connectivity index (χ1n) is 6.32. The van der Waals surface area contributed by atoms with Gasteiger partial charge in [0.1, 0.15) is 11.6 Å². The third kappa shape index (κ3) is 4.74. The van der Waals surface area contributed by atoms with Crippen molar-refractivity contribution in [1.29, 1.82) is 0 Å². The molecule has 0 aliphatic rings. The minimum Gasteiger partial charge on any atom is -0.495 e. The van der Waals surface area contributed by atoms with E-state index in [-0.39, 0.29) is 28.2 Å². The van der Waals surface area contributed by atoms with Gasteiger partial charge in [-0.3, -0.25) is 9.59 Å². The lowest BCUT2D eigenvalue weighted by Gasteiger charge is -2.13. The summed E-state index contributed by atoms with van der Waals surface area (Å²) >= 11 is 11.3. The molecule has 1 heterocycles. The van der Waals surface area contributed by atoms with Gasteiger partial charge in [0.05, 0.1) is 27.5 Å². The Balaban J connectivity index is 2.10. The van der Waals surface area contributed by atoms with Gasteiger partial charge >= 0.3 is 0 Å². The summed E-state index contributed by atoms with van der Waals surface area (Å²) in [4.78, 5) is 29.9. The summed E-state index contributed by atoms with van der Waals surface area (Å²) in [6.45, 7) is 0. The zero-order valence-electron chi connectivity index (χ0n) is 12.2. The van der Waals surface area contributed by atoms with Crippen LogP contribution >= 0.6 is 59.6 Å². The van der Waals surface area contributed by atoms with Crippen LogP contribution in [0.4, 0.5) is 11.5 Å². The van der Waals surface area contributed by atoms with Gasteiger partial charge in [0.25, 0.3) is 5.56 Å². The number of carbonyl (C=O) groups excluding carboxylic acids is 1. The number of H-pyrrole nitrogens is 1. The van der Waals surface area contributed by atoms with Crippen molar-refractivity contribution in [3.8, 4) is 5.75 Å². The van der Waals surface area contributed by atoms with Crippen molar-refractivity contribution in [2.45, 2.75) is 5.16 Å². The Morgan fingerprint density at radius 3 is 2.71 bits per heavy atom. The van der Waals surface area contributed by atoms with E-state index in [1.54, 1.807) is 13.2 Å². The highest BCUT2D eigenvalue weighted by Gasteiger charge is 2.16. The van der Waals surface area contributed by atoms with Gasteiger partial charge in [0.2, 0.25) is 5.91 Å². The van der Waals surface area contributed by atoms with E-state index < -0.39 is 0 Å². The largest absolute Gasteiger partial charge is 0.495 e. The Kier molecular flexibility index (Phi) is 6.72. The summed E-state index contributed by atoms with van der Waals surface area (Å²) in [5.74, 6) is 0.493. The number of rotatable bonds is 5. The van der Waals surface area contributed by atoms with Gasteiger partial charge in [-0.2, -0.15) is 0 Å². The second-order valence-corrected chi connectivity index (χ2v) is 7.78. The number of methoxy groups -OCH3 is 1. The Morgan fingerprint density at radius 1 is 1.38 bits per heavy atom. The predicted octanol–water partition coefficient (Wildman–Crippen LogP) is 3.38. The normalized spacial score (nSPS) is 10.5. The molecule has 24 heavy (non-hydrogen) atoms. The topological polar surface area (TPSA) is 110 Å². The van der Waals surface area contributed by atoms with Gasteiger partial charge in [0.15, 0.2) is 5.16 Å². The lowest BCUT2D eigenvalue weighted by molar-refractivity contribution is -0.113. The maximum atomic E-state index is 12.2. The number of ether oxygens (including phenoxy) is 1. The van der Waals surface area contributed by atoms with Crippen LogP contribution in [0, 0.1) is 0 Å². The van der Waals surface area contributed by atoms with E-state index in [9.17, 15) is 9.59 Å². The van der Waals surface area contributed by atoms with Crippen molar-refractivity contribution in [3.05, 3.63) is 35.9 Å².